The number of furan rings is 2. The quantitative estimate of drug-likeness (QED) is 0.218. The minimum Gasteiger partial charge on any atom is -0.454 e. The van der Waals surface area contributed by atoms with Crippen molar-refractivity contribution in [3.63, 3.8) is 0 Å². The fourth-order valence-electron chi connectivity index (χ4n) is 6.51. The van der Waals surface area contributed by atoms with Crippen LogP contribution in [0.25, 0.3) is 65.8 Å². The van der Waals surface area contributed by atoms with Crippen LogP contribution in [0.1, 0.15) is 0 Å². The van der Waals surface area contributed by atoms with Crippen LogP contribution in [0.2, 0.25) is 0 Å². The van der Waals surface area contributed by atoms with Gasteiger partial charge in [-0.3, -0.25) is 0 Å². The summed E-state index contributed by atoms with van der Waals surface area (Å²) in [5.41, 5.74) is 8.70. The molecule has 0 spiro atoms. The number of nitrogens with zero attached hydrogens (tertiary/aromatic N) is 1. The minimum atomic E-state index is 0.840. The molecule has 0 saturated heterocycles. The van der Waals surface area contributed by atoms with E-state index in [9.17, 15) is 0 Å². The van der Waals surface area contributed by atoms with Gasteiger partial charge in [-0.2, -0.15) is 0 Å². The molecule has 0 fully saturated rings. The molecule has 0 saturated carbocycles. The molecule has 7 aromatic carbocycles. The first kappa shape index (κ1) is 23.9. The molecule has 3 heteroatoms. The van der Waals surface area contributed by atoms with Gasteiger partial charge in [0, 0.05) is 27.2 Å². The van der Waals surface area contributed by atoms with E-state index in [-0.39, 0.29) is 0 Å². The Hall–Kier alpha value is -5.80. The zero-order chi connectivity index (χ0) is 28.3. The predicted octanol–water partition coefficient (Wildman–Crippen LogP) is 11.8. The average molecular weight is 552 g/mol. The van der Waals surface area contributed by atoms with Crippen LogP contribution < -0.4 is 4.90 Å². The summed E-state index contributed by atoms with van der Waals surface area (Å²) in [6, 6.07) is 53.0. The maximum atomic E-state index is 6.58. The molecule has 2 heterocycles. The molecule has 9 rings (SSSR count). The van der Waals surface area contributed by atoms with Crippen LogP contribution in [0.4, 0.5) is 17.1 Å². The van der Waals surface area contributed by atoms with Crippen LogP contribution in [0.3, 0.4) is 0 Å². The Morgan fingerprint density at radius 2 is 0.907 bits per heavy atom. The van der Waals surface area contributed by atoms with Crippen LogP contribution in [0, 0.1) is 0 Å². The number of anilines is 3. The zero-order valence-corrected chi connectivity index (χ0v) is 23.2. The Kier molecular flexibility index (Phi) is 5.20. The van der Waals surface area contributed by atoms with Gasteiger partial charge >= 0.3 is 0 Å². The predicted molar refractivity (Wildman–Crippen MR) is 179 cm³/mol. The van der Waals surface area contributed by atoms with Crippen LogP contribution in [0.5, 0.6) is 0 Å². The van der Waals surface area contributed by atoms with Gasteiger partial charge in [-0.15, -0.1) is 0 Å². The highest BCUT2D eigenvalue weighted by Crippen LogP contribution is 2.46. The smallest absolute Gasteiger partial charge is 0.159 e. The van der Waals surface area contributed by atoms with E-state index in [1.807, 2.05) is 24.3 Å². The molecule has 0 amide bonds. The van der Waals surface area contributed by atoms with E-state index in [1.165, 1.54) is 16.3 Å². The van der Waals surface area contributed by atoms with E-state index in [1.54, 1.807) is 0 Å². The molecular formula is C40H25NO2. The highest BCUT2D eigenvalue weighted by Gasteiger charge is 2.23. The third-order valence-corrected chi connectivity index (χ3v) is 8.45. The summed E-state index contributed by atoms with van der Waals surface area (Å²) in [4.78, 5) is 2.28. The SMILES string of the molecule is c1cc(-c2cccc3ccccc23)cc(N(c2cccc3c2oc2ccccc23)c2cccc3c2oc2ccccc23)c1. The van der Waals surface area contributed by atoms with E-state index in [2.05, 4.69) is 132 Å². The van der Waals surface area contributed by atoms with Crippen LogP contribution in [0.15, 0.2) is 160 Å². The lowest BCUT2D eigenvalue weighted by Crippen LogP contribution is -2.10. The molecule has 2 aromatic heterocycles. The Morgan fingerprint density at radius 1 is 0.395 bits per heavy atom. The third kappa shape index (κ3) is 3.68. The van der Waals surface area contributed by atoms with Gasteiger partial charge in [0.1, 0.15) is 11.2 Å². The first-order valence-electron chi connectivity index (χ1n) is 14.5. The summed E-state index contributed by atoms with van der Waals surface area (Å²) in [5, 5.41) is 6.82. The summed E-state index contributed by atoms with van der Waals surface area (Å²) >= 11 is 0. The lowest BCUT2D eigenvalue weighted by molar-refractivity contribution is 0.666. The van der Waals surface area contributed by atoms with E-state index >= 15 is 0 Å². The van der Waals surface area contributed by atoms with Gasteiger partial charge in [-0.1, -0.05) is 115 Å². The number of rotatable bonds is 4. The fourth-order valence-corrected chi connectivity index (χ4v) is 6.51. The monoisotopic (exact) mass is 551 g/mol. The van der Waals surface area contributed by atoms with Gasteiger partial charge in [0.25, 0.3) is 0 Å². The highest BCUT2D eigenvalue weighted by molar-refractivity contribution is 6.14. The number of fused-ring (bicyclic) bond motifs is 7. The number of benzene rings is 7. The Morgan fingerprint density at radius 3 is 1.58 bits per heavy atom. The topological polar surface area (TPSA) is 29.5 Å². The Labute approximate surface area is 247 Å². The molecule has 9 aromatic rings. The molecular weight excluding hydrogens is 526 g/mol. The first-order valence-corrected chi connectivity index (χ1v) is 14.5. The minimum absolute atomic E-state index is 0.840. The number of hydrogen-bond donors (Lipinski definition) is 0. The van der Waals surface area contributed by atoms with Crippen LogP contribution in [-0.4, -0.2) is 0 Å². The molecule has 0 N–H and O–H groups in total. The second kappa shape index (κ2) is 9.37. The first-order chi connectivity index (χ1) is 21.3. The van der Waals surface area contributed by atoms with Crippen molar-refractivity contribution in [2.75, 3.05) is 4.90 Å². The van der Waals surface area contributed by atoms with Gasteiger partial charge < -0.3 is 13.7 Å². The number of para-hydroxylation sites is 4. The molecule has 0 aliphatic heterocycles. The second-order valence-corrected chi connectivity index (χ2v) is 10.9. The van der Waals surface area contributed by atoms with Gasteiger partial charge in [0.2, 0.25) is 0 Å². The van der Waals surface area contributed by atoms with Gasteiger partial charge in [0.15, 0.2) is 11.2 Å². The lowest BCUT2D eigenvalue weighted by Gasteiger charge is -2.26. The van der Waals surface area contributed by atoms with Crippen molar-refractivity contribution in [2.24, 2.45) is 0 Å². The summed E-state index contributed by atoms with van der Waals surface area (Å²) in [5.74, 6) is 0. The zero-order valence-electron chi connectivity index (χ0n) is 23.2. The average Bonchev–Trinajstić information content (AvgIpc) is 3.64. The summed E-state index contributed by atoms with van der Waals surface area (Å²) in [6.45, 7) is 0. The third-order valence-electron chi connectivity index (χ3n) is 8.45. The molecule has 0 aliphatic carbocycles. The van der Waals surface area contributed by atoms with Gasteiger partial charge in [0.05, 0.1) is 11.4 Å². The molecule has 202 valence electrons. The molecule has 0 bridgehead atoms. The van der Waals surface area contributed by atoms with Crippen molar-refractivity contribution >= 4 is 71.7 Å². The van der Waals surface area contributed by atoms with Gasteiger partial charge in [-0.05, 0) is 58.3 Å². The van der Waals surface area contributed by atoms with E-state index < -0.39 is 0 Å². The molecule has 3 nitrogen and oxygen atoms in total. The van der Waals surface area contributed by atoms with Crippen molar-refractivity contribution in [2.45, 2.75) is 0 Å². The van der Waals surface area contributed by atoms with Crippen LogP contribution >= 0.6 is 0 Å². The lowest BCUT2D eigenvalue weighted by atomic mass is 9.97. The van der Waals surface area contributed by atoms with Gasteiger partial charge in [-0.25, -0.2) is 0 Å². The second-order valence-electron chi connectivity index (χ2n) is 10.9. The summed E-state index contributed by atoms with van der Waals surface area (Å²) in [6.07, 6.45) is 0. The van der Waals surface area contributed by atoms with Crippen molar-refractivity contribution in [1.82, 2.24) is 0 Å². The van der Waals surface area contributed by atoms with E-state index in [0.717, 1.165) is 66.5 Å². The van der Waals surface area contributed by atoms with E-state index in [0.29, 0.717) is 0 Å². The van der Waals surface area contributed by atoms with Crippen molar-refractivity contribution in [3.05, 3.63) is 152 Å². The Balaban J connectivity index is 1.35. The maximum absolute atomic E-state index is 6.58. The molecule has 0 radical (unpaired) electrons. The van der Waals surface area contributed by atoms with Crippen molar-refractivity contribution in [1.29, 1.82) is 0 Å². The van der Waals surface area contributed by atoms with E-state index in [4.69, 9.17) is 8.83 Å². The fraction of sp³-hybridized carbons (Fsp3) is 0. The summed E-state index contributed by atoms with van der Waals surface area (Å²) in [7, 11) is 0. The highest BCUT2D eigenvalue weighted by atomic mass is 16.3. The maximum Gasteiger partial charge on any atom is 0.159 e. The molecule has 0 unspecified atom stereocenters. The Bertz CT molecular complexity index is 2360. The summed E-state index contributed by atoms with van der Waals surface area (Å²) < 4.78 is 13.2. The number of hydrogen-bond acceptors (Lipinski definition) is 3. The van der Waals surface area contributed by atoms with Crippen molar-refractivity contribution in [3.8, 4) is 11.1 Å². The largest absolute Gasteiger partial charge is 0.454 e. The molecule has 43 heavy (non-hydrogen) atoms. The van der Waals surface area contributed by atoms with Crippen LogP contribution in [-0.2, 0) is 0 Å². The van der Waals surface area contributed by atoms with Crippen molar-refractivity contribution < 1.29 is 8.83 Å². The molecule has 0 atom stereocenters. The molecule has 0 aliphatic rings. The standard InChI is InChI=1S/C40H25NO2/c1-2-15-29-26(11-1)12-8-18-30(29)27-13-7-14-28(25-27)41(35-21-9-19-33-31-16-3-5-23-37(31)42-39(33)35)36-22-10-20-34-32-17-4-6-24-38(32)43-40(34)36/h1-25H. The normalized spacial score (nSPS) is 11.7.